The molecule has 0 aliphatic carbocycles. The highest BCUT2D eigenvalue weighted by molar-refractivity contribution is 9.10. The summed E-state index contributed by atoms with van der Waals surface area (Å²) in [7, 11) is 2.01. The summed E-state index contributed by atoms with van der Waals surface area (Å²) in [6.07, 6.45) is -0.268. The molecule has 0 aromatic heterocycles. The summed E-state index contributed by atoms with van der Waals surface area (Å²) < 4.78 is 1.10. The van der Waals surface area contributed by atoms with E-state index in [0.717, 1.165) is 11.0 Å². The highest BCUT2D eigenvalue weighted by Crippen LogP contribution is 2.11. The first-order chi connectivity index (χ1) is 6.58. The molecule has 0 radical (unpaired) electrons. The Morgan fingerprint density at radius 2 is 1.93 bits per heavy atom. The van der Waals surface area contributed by atoms with Crippen molar-refractivity contribution >= 4 is 15.9 Å². The monoisotopic (exact) mass is 257 g/mol. The Hall–Kier alpha value is -0.380. The molecule has 1 aromatic rings. The van der Waals surface area contributed by atoms with Crippen molar-refractivity contribution in [1.82, 2.24) is 4.90 Å². The lowest BCUT2D eigenvalue weighted by Crippen LogP contribution is -2.26. The van der Waals surface area contributed by atoms with E-state index in [-0.39, 0.29) is 6.10 Å². The second-order valence-electron chi connectivity index (χ2n) is 3.67. The molecule has 3 heteroatoms. The van der Waals surface area contributed by atoms with Gasteiger partial charge in [-0.2, -0.15) is 0 Å². The van der Waals surface area contributed by atoms with Crippen molar-refractivity contribution in [3.05, 3.63) is 34.3 Å². The van der Waals surface area contributed by atoms with Crippen LogP contribution in [-0.2, 0) is 6.54 Å². The molecule has 0 spiro atoms. The van der Waals surface area contributed by atoms with Gasteiger partial charge in [-0.05, 0) is 31.7 Å². The van der Waals surface area contributed by atoms with Crippen molar-refractivity contribution in [1.29, 1.82) is 0 Å². The Balaban J connectivity index is 2.47. The average molecular weight is 258 g/mol. The number of nitrogens with zero attached hydrogens (tertiary/aromatic N) is 1. The van der Waals surface area contributed by atoms with Crippen LogP contribution >= 0.6 is 15.9 Å². The molecule has 0 saturated carbocycles. The van der Waals surface area contributed by atoms with Gasteiger partial charge in [-0.15, -0.1) is 0 Å². The third-order valence-electron chi connectivity index (χ3n) is 1.94. The molecular formula is C11H16BrNO. The largest absolute Gasteiger partial charge is 0.392 e. The Morgan fingerprint density at radius 1 is 1.36 bits per heavy atom. The molecule has 0 aliphatic heterocycles. The van der Waals surface area contributed by atoms with Gasteiger partial charge in [0.25, 0.3) is 0 Å². The third kappa shape index (κ3) is 4.22. The van der Waals surface area contributed by atoms with E-state index >= 15 is 0 Å². The average Bonchev–Trinajstić information content (AvgIpc) is 2.07. The number of likely N-dealkylation sites (N-methyl/N-ethyl adjacent to an activating group) is 1. The van der Waals surface area contributed by atoms with E-state index < -0.39 is 0 Å². The minimum Gasteiger partial charge on any atom is -0.392 e. The van der Waals surface area contributed by atoms with Gasteiger partial charge in [0.1, 0.15) is 0 Å². The molecule has 14 heavy (non-hydrogen) atoms. The molecule has 1 N–H and O–H groups in total. The van der Waals surface area contributed by atoms with E-state index in [9.17, 15) is 5.11 Å². The maximum atomic E-state index is 9.20. The van der Waals surface area contributed by atoms with E-state index in [4.69, 9.17) is 0 Å². The first kappa shape index (κ1) is 11.7. The van der Waals surface area contributed by atoms with Gasteiger partial charge in [-0.1, -0.05) is 28.1 Å². The summed E-state index contributed by atoms with van der Waals surface area (Å²) in [6.45, 7) is 3.38. The Kier molecular flexibility index (Phi) is 4.58. The highest BCUT2D eigenvalue weighted by Gasteiger charge is 2.03. The molecule has 2 nitrogen and oxygen atoms in total. The van der Waals surface area contributed by atoms with Crippen molar-refractivity contribution in [2.75, 3.05) is 13.6 Å². The highest BCUT2D eigenvalue weighted by atomic mass is 79.9. The first-order valence-electron chi connectivity index (χ1n) is 4.69. The zero-order valence-corrected chi connectivity index (χ0v) is 10.2. The van der Waals surface area contributed by atoms with E-state index in [0.29, 0.717) is 6.54 Å². The van der Waals surface area contributed by atoms with Gasteiger partial charge in [0.2, 0.25) is 0 Å². The van der Waals surface area contributed by atoms with Gasteiger partial charge in [0, 0.05) is 17.6 Å². The van der Waals surface area contributed by atoms with Gasteiger partial charge in [-0.25, -0.2) is 0 Å². The number of aliphatic hydroxyl groups excluding tert-OH is 1. The third-order valence-corrected chi connectivity index (χ3v) is 2.47. The minimum atomic E-state index is -0.268. The predicted octanol–water partition coefficient (Wildman–Crippen LogP) is 2.26. The Morgan fingerprint density at radius 3 is 2.43 bits per heavy atom. The quantitative estimate of drug-likeness (QED) is 0.895. The van der Waals surface area contributed by atoms with Crippen LogP contribution < -0.4 is 0 Å². The zero-order chi connectivity index (χ0) is 10.6. The van der Waals surface area contributed by atoms with Crippen LogP contribution in [0, 0.1) is 0 Å². The zero-order valence-electron chi connectivity index (χ0n) is 8.57. The van der Waals surface area contributed by atoms with E-state index in [2.05, 4.69) is 33.0 Å². The number of benzene rings is 1. The molecule has 0 aliphatic rings. The topological polar surface area (TPSA) is 23.5 Å². The van der Waals surface area contributed by atoms with E-state index in [1.165, 1.54) is 5.56 Å². The van der Waals surface area contributed by atoms with Crippen molar-refractivity contribution < 1.29 is 5.11 Å². The smallest absolute Gasteiger partial charge is 0.0639 e. The van der Waals surface area contributed by atoms with Crippen molar-refractivity contribution in [3.8, 4) is 0 Å². The molecule has 0 bridgehead atoms. The fourth-order valence-corrected chi connectivity index (χ4v) is 1.68. The SMILES string of the molecule is CC(O)CN(C)Cc1ccc(Br)cc1. The van der Waals surface area contributed by atoms with Crippen LogP contribution in [0.25, 0.3) is 0 Å². The van der Waals surface area contributed by atoms with Crippen LogP contribution in [0.4, 0.5) is 0 Å². The number of halogens is 1. The number of hydrogen-bond acceptors (Lipinski definition) is 2. The molecule has 1 unspecified atom stereocenters. The maximum Gasteiger partial charge on any atom is 0.0639 e. The number of aliphatic hydroxyl groups is 1. The van der Waals surface area contributed by atoms with Crippen LogP contribution in [0.5, 0.6) is 0 Å². The molecule has 0 saturated heterocycles. The van der Waals surface area contributed by atoms with E-state index in [1.807, 2.05) is 19.2 Å². The Labute approximate surface area is 93.7 Å². The molecule has 1 rings (SSSR count). The van der Waals surface area contributed by atoms with E-state index in [1.54, 1.807) is 6.92 Å². The normalized spacial score (nSPS) is 13.2. The molecule has 1 aromatic carbocycles. The number of hydrogen-bond donors (Lipinski definition) is 1. The number of rotatable bonds is 4. The lowest BCUT2D eigenvalue weighted by molar-refractivity contribution is 0.138. The fourth-order valence-electron chi connectivity index (χ4n) is 1.42. The Bertz CT molecular complexity index is 271. The summed E-state index contributed by atoms with van der Waals surface area (Å²) in [5, 5.41) is 9.20. The summed E-state index contributed by atoms with van der Waals surface area (Å²) >= 11 is 3.40. The van der Waals surface area contributed by atoms with Crippen LogP contribution in [-0.4, -0.2) is 29.7 Å². The second kappa shape index (κ2) is 5.49. The molecule has 0 heterocycles. The molecule has 78 valence electrons. The summed E-state index contributed by atoms with van der Waals surface area (Å²) in [6, 6.07) is 8.24. The second-order valence-corrected chi connectivity index (χ2v) is 4.59. The van der Waals surface area contributed by atoms with Crippen LogP contribution in [0.15, 0.2) is 28.7 Å². The first-order valence-corrected chi connectivity index (χ1v) is 5.48. The minimum absolute atomic E-state index is 0.268. The van der Waals surface area contributed by atoms with Crippen LogP contribution in [0.3, 0.4) is 0 Å². The van der Waals surface area contributed by atoms with Crippen LogP contribution in [0.2, 0.25) is 0 Å². The summed E-state index contributed by atoms with van der Waals surface area (Å²) in [4.78, 5) is 2.11. The van der Waals surface area contributed by atoms with Gasteiger partial charge >= 0.3 is 0 Å². The molecular weight excluding hydrogens is 242 g/mol. The lowest BCUT2D eigenvalue weighted by Gasteiger charge is -2.18. The molecule has 0 fully saturated rings. The van der Waals surface area contributed by atoms with Crippen molar-refractivity contribution in [3.63, 3.8) is 0 Å². The summed E-state index contributed by atoms with van der Waals surface area (Å²) in [5.41, 5.74) is 1.26. The molecule has 0 amide bonds. The predicted molar refractivity (Wildman–Crippen MR) is 62.2 cm³/mol. The standard InChI is InChI=1S/C11H16BrNO/c1-9(14)7-13(2)8-10-3-5-11(12)6-4-10/h3-6,9,14H,7-8H2,1-2H3. The van der Waals surface area contributed by atoms with Gasteiger partial charge < -0.3 is 5.11 Å². The van der Waals surface area contributed by atoms with Crippen molar-refractivity contribution in [2.24, 2.45) is 0 Å². The molecule has 1 atom stereocenters. The fraction of sp³-hybridized carbons (Fsp3) is 0.455. The van der Waals surface area contributed by atoms with Crippen LogP contribution in [0.1, 0.15) is 12.5 Å². The maximum absolute atomic E-state index is 9.20. The van der Waals surface area contributed by atoms with Crippen molar-refractivity contribution in [2.45, 2.75) is 19.6 Å². The van der Waals surface area contributed by atoms with Gasteiger partial charge in [0.15, 0.2) is 0 Å². The van der Waals surface area contributed by atoms with Gasteiger partial charge in [0.05, 0.1) is 6.10 Å². The van der Waals surface area contributed by atoms with Gasteiger partial charge in [-0.3, -0.25) is 4.90 Å². The lowest BCUT2D eigenvalue weighted by atomic mass is 10.2. The summed E-state index contributed by atoms with van der Waals surface area (Å²) in [5.74, 6) is 0.